The molecule has 0 radical (unpaired) electrons. The number of rotatable bonds is 6. The van der Waals surface area contributed by atoms with Crippen molar-refractivity contribution in [2.75, 3.05) is 51.8 Å². The van der Waals surface area contributed by atoms with Crippen LogP contribution in [0.15, 0.2) is 12.1 Å². The molecule has 2 aromatic rings. The van der Waals surface area contributed by atoms with E-state index in [2.05, 4.69) is 4.98 Å². The third kappa shape index (κ3) is 4.03. The molecule has 1 aromatic carbocycles. The summed E-state index contributed by atoms with van der Waals surface area (Å²) in [7, 11) is 3.83. The number of ether oxygens (including phenoxy) is 2. The number of carbonyl (C=O) groups excluding carboxylic acids is 3. The first kappa shape index (κ1) is 19.6. The van der Waals surface area contributed by atoms with Crippen LogP contribution in [0.2, 0.25) is 0 Å². The lowest BCUT2D eigenvalue weighted by Crippen LogP contribution is -2.44. The molecule has 3 amide bonds. The molecule has 10 heteroatoms. The second-order valence-electron chi connectivity index (χ2n) is 7.18. The molecule has 2 aliphatic rings. The number of likely N-dealkylation sites (N-methyl/N-ethyl adjacent to an activating group) is 1. The van der Waals surface area contributed by atoms with Gasteiger partial charge in [-0.3, -0.25) is 24.2 Å². The maximum absolute atomic E-state index is 13.0. The summed E-state index contributed by atoms with van der Waals surface area (Å²) >= 11 is 1.37. The molecule has 0 aliphatic carbocycles. The SMILES string of the molecule is CN(C)CCN(C(=O)CN1C(=O)CCC1=O)c1nc2cc3c(cc2s1)OCCO3. The van der Waals surface area contributed by atoms with Gasteiger partial charge >= 0.3 is 0 Å². The van der Waals surface area contributed by atoms with Crippen LogP contribution in [-0.2, 0) is 14.4 Å². The van der Waals surface area contributed by atoms with Gasteiger partial charge in [0.2, 0.25) is 17.7 Å². The average Bonchev–Trinajstić information content (AvgIpc) is 3.23. The Morgan fingerprint density at radius 1 is 1.10 bits per heavy atom. The van der Waals surface area contributed by atoms with Crippen molar-refractivity contribution in [2.45, 2.75) is 12.8 Å². The fourth-order valence-electron chi connectivity index (χ4n) is 3.22. The molecule has 1 fully saturated rings. The lowest BCUT2D eigenvalue weighted by molar-refractivity contribution is -0.141. The van der Waals surface area contributed by atoms with Crippen molar-refractivity contribution < 1.29 is 23.9 Å². The zero-order chi connectivity index (χ0) is 20.5. The van der Waals surface area contributed by atoms with Gasteiger partial charge in [0.1, 0.15) is 19.8 Å². The highest BCUT2D eigenvalue weighted by Crippen LogP contribution is 2.38. The van der Waals surface area contributed by atoms with E-state index < -0.39 is 0 Å². The normalized spacial score (nSPS) is 16.2. The van der Waals surface area contributed by atoms with Gasteiger partial charge in [-0.15, -0.1) is 0 Å². The van der Waals surface area contributed by atoms with Gasteiger partial charge in [-0.05, 0) is 14.1 Å². The number of amides is 3. The topological polar surface area (TPSA) is 92.3 Å². The Bertz CT molecular complexity index is 914. The smallest absolute Gasteiger partial charge is 0.248 e. The van der Waals surface area contributed by atoms with Crippen LogP contribution in [0.4, 0.5) is 5.13 Å². The molecule has 29 heavy (non-hydrogen) atoms. The molecule has 2 aliphatic heterocycles. The van der Waals surface area contributed by atoms with E-state index in [1.807, 2.05) is 31.1 Å². The molecule has 4 rings (SSSR count). The van der Waals surface area contributed by atoms with Crippen LogP contribution in [0.25, 0.3) is 10.2 Å². The predicted molar refractivity (Wildman–Crippen MR) is 107 cm³/mol. The van der Waals surface area contributed by atoms with E-state index in [1.165, 1.54) is 11.3 Å². The van der Waals surface area contributed by atoms with Crippen molar-refractivity contribution in [1.29, 1.82) is 0 Å². The fourth-order valence-corrected chi connectivity index (χ4v) is 4.23. The number of hydrogen-bond donors (Lipinski definition) is 0. The zero-order valence-electron chi connectivity index (χ0n) is 16.3. The molecular weight excluding hydrogens is 396 g/mol. The molecule has 154 valence electrons. The molecule has 0 bridgehead atoms. The lowest BCUT2D eigenvalue weighted by atomic mass is 10.3. The van der Waals surface area contributed by atoms with Gasteiger partial charge in [-0.1, -0.05) is 11.3 Å². The first-order valence-electron chi connectivity index (χ1n) is 9.41. The molecule has 0 saturated carbocycles. The van der Waals surface area contributed by atoms with Crippen LogP contribution in [0, 0.1) is 0 Å². The van der Waals surface area contributed by atoms with Gasteiger partial charge in [0.25, 0.3) is 0 Å². The highest BCUT2D eigenvalue weighted by molar-refractivity contribution is 7.22. The van der Waals surface area contributed by atoms with Gasteiger partial charge in [-0.2, -0.15) is 0 Å². The zero-order valence-corrected chi connectivity index (χ0v) is 17.2. The molecule has 1 saturated heterocycles. The predicted octanol–water partition coefficient (Wildman–Crippen LogP) is 1.11. The average molecular weight is 418 g/mol. The molecule has 0 N–H and O–H groups in total. The first-order valence-corrected chi connectivity index (χ1v) is 10.2. The molecule has 0 unspecified atom stereocenters. The van der Waals surface area contributed by atoms with Crippen LogP contribution in [0.1, 0.15) is 12.8 Å². The minimum Gasteiger partial charge on any atom is -0.486 e. The van der Waals surface area contributed by atoms with E-state index in [1.54, 1.807) is 4.90 Å². The van der Waals surface area contributed by atoms with E-state index in [9.17, 15) is 14.4 Å². The van der Waals surface area contributed by atoms with Gasteiger partial charge in [0, 0.05) is 38.1 Å². The fraction of sp³-hybridized carbons (Fsp3) is 0.474. The molecule has 3 heterocycles. The summed E-state index contributed by atoms with van der Waals surface area (Å²) in [5.74, 6) is 0.370. The van der Waals surface area contributed by atoms with E-state index in [0.717, 1.165) is 9.60 Å². The molecular formula is C19H22N4O5S. The number of benzene rings is 1. The second-order valence-corrected chi connectivity index (χ2v) is 8.19. The van der Waals surface area contributed by atoms with Crippen LogP contribution in [0.5, 0.6) is 11.5 Å². The van der Waals surface area contributed by atoms with Crippen molar-refractivity contribution >= 4 is 44.4 Å². The number of fused-ring (bicyclic) bond motifs is 2. The number of thiazole rings is 1. The van der Waals surface area contributed by atoms with Crippen molar-refractivity contribution in [3.63, 3.8) is 0 Å². The third-order valence-electron chi connectivity index (χ3n) is 4.79. The Kier molecular flexibility index (Phi) is 5.37. The number of aromatic nitrogens is 1. The largest absolute Gasteiger partial charge is 0.486 e. The summed E-state index contributed by atoms with van der Waals surface area (Å²) in [6.07, 6.45) is 0.326. The van der Waals surface area contributed by atoms with Crippen LogP contribution >= 0.6 is 11.3 Å². The number of anilines is 1. The van der Waals surface area contributed by atoms with Crippen LogP contribution < -0.4 is 14.4 Å². The van der Waals surface area contributed by atoms with E-state index in [4.69, 9.17) is 9.47 Å². The van der Waals surface area contributed by atoms with Crippen LogP contribution in [0.3, 0.4) is 0 Å². The van der Waals surface area contributed by atoms with Crippen molar-refractivity contribution in [3.05, 3.63) is 12.1 Å². The number of carbonyl (C=O) groups is 3. The van der Waals surface area contributed by atoms with E-state index >= 15 is 0 Å². The summed E-state index contributed by atoms with van der Waals surface area (Å²) in [4.78, 5) is 46.0. The minimum absolute atomic E-state index is 0.163. The lowest BCUT2D eigenvalue weighted by Gasteiger charge is -2.24. The van der Waals surface area contributed by atoms with Crippen molar-refractivity contribution in [2.24, 2.45) is 0 Å². The summed E-state index contributed by atoms with van der Waals surface area (Å²) < 4.78 is 12.1. The van der Waals surface area contributed by atoms with Gasteiger partial charge in [0.15, 0.2) is 16.6 Å². The maximum atomic E-state index is 13.0. The second kappa shape index (κ2) is 7.96. The summed E-state index contributed by atoms with van der Waals surface area (Å²) in [5, 5.41) is 0.522. The number of imide groups is 1. The van der Waals surface area contributed by atoms with Crippen molar-refractivity contribution in [3.8, 4) is 11.5 Å². The van der Waals surface area contributed by atoms with E-state index in [0.29, 0.717) is 48.5 Å². The number of nitrogens with zero attached hydrogens (tertiary/aromatic N) is 4. The van der Waals surface area contributed by atoms with Gasteiger partial charge < -0.3 is 14.4 Å². The number of likely N-dealkylation sites (tertiary alicyclic amines) is 1. The highest BCUT2D eigenvalue weighted by atomic mass is 32.1. The standard InChI is InChI=1S/C19H22N4O5S/c1-21(2)5-6-22(18(26)11-23-16(24)3-4-17(23)25)19-20-12-9-13-14(10-15(12)29-19)28-8-7-27-13/h9-10H,3-8,11H2,1-2H3. The Morgan fingerprint density at radius 2 is 1.76 bits per heavy atom. The Morgan fingerprint density at radius 3 is 2.41 bits per heavy atom. The summed E-state index contributed by atoms with van der Waals surface area (Å²) in [5.41, 5.74) is 0.713. The summed E-state index contributed by atoms with van der Waals surface area (Å²) in [6.45, 7) is 1.74. The quantitative estimate of drug-likeness (QED) is 0.649. The Labute approximate surface area is 171 Å². The van der Waals surface area contributed by atoms with E-state index in [-0.39, 0.29) is 37.1 Å². The number of hydrogen-bond acceptors (Lipinski definition) is 8. The molecule has 0 atom stereocenters. The first-order chi connectivity index (χ1) is 13.9. The summed E-state index contributed by atoms with van der Waals surface area (Å²) in [6, 6.07) is 3.68. The van der Waals surface area contributed by atoms with Crippen molar-refractivity contribution in [1.82, 2.24) is 14.8 Å². The highest BCUT2D eigenvalue weighted by Gasteiger charge is 2.33. The minimum atomic E-state index is -0.327. The van der Waals surface area contributed by atoms with Gasteiger partial charge in [-0.25, -0.2) is 4.98 Å². The molecule has 1 aromatic heterocycles. The molecule has 0 spiro atoms. The van der Waals surface area contributed by atoms with Crippen LogP contribution in [-0.4, -0.2) is 79.4 Å². The van der Waals surface area contributed by atoms with Gasteiger partial charge in [0.05, 0.1) is 10.2 Å². The third-order valence-corrected chi connectivity index (χ3v) is 5.83. The Balaban J connectivity index is 1.62. The maximum Gasteiger partial charge on any atom is 0.248 e. The molecule has 9 nitrogen and oxygen atoms in total. The Hall–Kier alpha value is -2.72. The monoisotopic (exact) mass is 418 g/mol.